The molecule has 1 saturated heterocycles. The predicted octanol–water partition coefficient (Wildman–Crippen LogP) is 3.00. The van der Waals surface area contributed by atoms with E-state index in [4.69, 9.17) is 9.15 Å². The molecule has 1 aromatic carbocycles. The average molecular weight is 395 g/mol. The van der Waals surface area contributed by atoms with Gasteiger partial charge in [-0.15, -0.1) is 10.2 Å². The lowest BCUT2D eigenvalue weighted by molar-refractivity contribution is 0.0940. The standard InChI is InChI=1S/C21H25N5O3/c1-16-8-13-28-19(16)14-26-17(2)22-23-20(26)24-9-11-25(12-10-24)21(27)29-15-18-6-4-3-5-7-18/h3-8,13H,9-12,14-15H2,1-2H3. The summed E-state index contributed by atoms with van der Waals surface area (Å²) in [7, 11) is 0. The van der Waals surface area contributed by atoms with Crippen molar-refractivity contribution < 1.29 is 13.9 Å². The predicted molar refractivity (Wildman–Crippen MR) is 108 cm³/mol. The molecule has 0 atom stereocenters. The lowest BCUT2D eigenvalue weighted by Crippen LogP contribution is -2.49. The topological polar surface area (TPSA) is 76.6 Å². The number of carbonyl (C=O) groups is 1. The van der Waals surface area contributed by atoms with E-state index in [1.807, 2.05) is 50.2 Å². The fourth-order valence-electron chi connectivity index (χ4n) is 3.40. The summed E-state index contributed by atoms with van der Waals surface area (Å²) in [5, 5.41) is 8.60. The molecule has 0 saturated carbocycles. The molecule has 1 amide bonds. The number of piperazine rings is 1. The summed E-state index contributed by atoms with van der Waals surface area (Å²) >= 11 is 0. The smallest absolute Gasteiger partial charge is 0.410 e. The Morgan fingerprint density at radius 1 is 1.07 bits per heavy atom. The van der Waals surface area contributed by atoms with E-state index in [0.29, 0.717) is 32.7 Å². The monoisotopic (exact) mass is 395 g/mol. The van der Waals surface area contributed by atoms with E-state index in [0.717, 1.165) is 28.7 Å². The van der Waals surface area contributed by atoms with Gasteiger partial charge in [-0.3, -0.25) is 4.57 Å². The Bertz CT molecular complexity index is 958. The van der Waals surface area contributed by atoms with Crippen LogP contribution in [0.15, 0.2) is 47.1 Å². The lowest BCUT2D eigenvalue weighted by atomic mass is 10.2. The van der Waals surface area contributed by atoms with Crippen molar-refractivity contribution in [3.8, 4) is 0 Å². The number of aromatic nitrogens is 3. The van der Waals surface area contributed by atoms with Gasteiger partial charge in [-0.25, -0.2) is 4.79 Å². The van der Waals surface area contributed by atoms with Gasteiger partial charge in [0.15, 0.2) is 0 Å². The van der Waals surface area contributed by atoms with Gasteiger partial charge in [-0.2, -0.15) is 0 Å². The molecular formula is C21H25N5O3. The van der Waals surface area contributed by atoms with Gasteiger partial charge in [0.05, 0.1) is 12.8 Å². The second kappa shape index (κ2) is 8.38. The normalized spacial score (nSPS) is 14.3. The van der Waals surface area contributed by atoms with E-state index in [1.54, 1.807) is 11.2 Å². The van der Waals surface area contributed by atoms with Gasteiger partial charge in [-0.05, 0) is 31.0 Å². The number of ether oxygens (including phenoxy) is 1. The summed E-state index contributed by atoms with van der Waals surface area (Å²) in [4.78, 5) is 16.3. The molecule has 3 heterocycles. The first-order valence-electron chi connectivity index (χ1n) is 9.75. The van der Waals surface area contributed by atoms with Crippen LogP contribution in [0.5, 0.6) is 0 Å². The first kappa shape index (κ1) is 19.0. The van der Waals surface area contributed by atoms with Gasteiger partial charge in [-0.1, -0.05) is 30.3 Å². The summed E-state index contributed by atoms with van der Waals surface area (Å²) in [5.74, 6) is 2.54. The zero-order valence-electron chi connectivity index (χ0n) is 16.7. The molecule has 4 rings (SSSR count). The van der Waals surface area contributed by atoms with Crippen LogP contribution >= 0.6 is 0 Å². The minimum Gasteiger partial charge on any atom is -0.467 e. The van der Waals surface area contributed by atoms with Crippen LogP contribution in [0.3, 0.4) is 0 Å². The quantitative estimate of drug-likeness (QED) is 0.661. The molecule has 0 unspecified atom stereocenters. The van der Waals surface area contributed by atoms with E-state index in [2.05, 4.69) is 19.7 Å². The molecule has 2 aromatic heterocycles. The number of nitrogens with zero attached hydrogens (tertiary/aromatic N) is 5. The van der Waals surface area contributed by atoms with Crippen LogP contribution in [0.4, 0.5) is 10.7 Å². The number of hydrogen-bond acceptors (Lipinski definition) is 6. The van der Waals surface area contributed by atoms with Gasteiger partial charge in [0.2, 0.25) is 5.95 Å². The van der Waals surface area contributed by atoms with Crippen LogP contribution in [0, 0.1) is 13.8 Å². The number of amides is 1. The highest BCUT2D eigenvalue weighted by molar-refractivity contribution is 5.68. The first-order chi connectivity index (χ1) is 14.1. The fourth-order valence-corrected chi connectivity index (χ4v) is 3.40. The van der Waals surface area contributed by atoms with Crippen molar-refractivity contribution in [3.63, 3.8) is 0 Å². The number of furan rings is 1. The van der Waals surface area contributed by atoms with Gasteiger partial charge in [0.25, 0.3) is 0 Å². The Labute approximate surface area is 169 Å². The van der Waals surface area contributed by atoms with Gasteiger partial charge in [0, 0.05) is 26.2 Å². The third kappa shape index (κ3) is 4.26. The third-order valence-electron chi connectivity index (χ3n) is 5.21. The fraction of sp³-hybridized carbons (Fsp3) is 0.381. The number of aryl methyl sites for hydroxylation is 2. The van der Waals surface area contributed by atoms with Crippen molar-refractivity contribution in [2.45, 2.75) is 27.0 Å². The summed E-state index contributed by atoms with van der Waals surface area (Å²) < 4.78 is 13.1. The maximum atomic E-state index is 12.4. The van der Waals surface area contributed by atoms with Crippen molar-refractivity contribution in [2.24, 2.45) is 0 Å². The third-order valence-corrected chi connectivity index (χ3v) is 5.21. The summed E-state index contributed by atoms with van der Waals surface area (Å²) in [6.45, 7) is 7.36. The summed E-state index contributed by atoms with van der Waals surface area (Å²) in [6.07, 6.45) is 1.42. The molecule has 8 heteroatoms. The molecule has 8 nitrogen and oxygen atoms in total. The molecule has 1 fully saturated rings. The molecule has 0 radical (unpaired) electrons. The summed E-state index contributed by atoms with van der Waals surface area (Å²) in [6, 6.07) is 11.7. The van der Waals surface area contributed by atoms with Crippen LogP contribution in [0.2, 0.25) is 0 Å². The van der Waals surface area contributed by atoms with Crippen LogP contribution < -0.4 is 4.90 Å². The van der Waals surface area contributed by atoms with Crippen molar-refractivity contribution in [2.75, 3.05) is 31.1 Å². The minimum absolute atomic E-state index is 0.280. The van der Waals surface area contributed by atoms with Gasteiger partial charge >= 0.3 is 6.09 Å². The van der Waals surface area contributed by atoms with E-state index >= 15 is 0 Å². The van der Waals surface area contributed by atoms with Crippen molar-refractivity contribution in [3.05, 3.63) is 65.4 Å². The summed E-state index contributed by atoms with van der Waals surface area (Å²) in [5.41, 5.74) is 2.09. The average Bonchev–Trinajstić information content (AvgIpc) is 3.33. The molecular weight excluding hydrogens is 370 g/mol. The van der Waals surface area contributed by atoms with E-state index < -0.39 is 0 Å². The Balaban J connectivity index is 1.35. The van der Waals surface area contributed by atoms with Crippen LogP contribution in [0.1, 0.15) is 22.7 Å². The SMILES string of the molecule is Cc1ccoc1Cn1c(C)nnc1N1CCN(C(=O)OCc2ccccc2)CC1. The van der Waals surface area contributed by atoms with Crippen molar-refractivity contribution in [1.82, 2.24) is 19.7 Å². The van der Waals surface area contributed by atoms with E-state index in [9.17, 15) is 4.79 Å². The van der Waals surface area contributed by atoms with Crippen molar-refractivity contribution >= 4 is 12.0 Å². The largest absolute Gasteiger partial charge is 0.467 e. The zero-order valence-corrected chi connectivity index (χ0v) is 16.7. The number of benzene rings is 1. The lowest BCUT2D eigenvalue weighted by Gasteiger charge is -2.34. The first-order valence-corrected chi connectivity index (χ1v) is 9.75. The highest BCUT2D eigenvalue weighted by Crippen LogP contribution is 2.20. The Morgan fingerprint density at radius 3 is 2.52 bits per heavy atom. The van der Waals surface area contributed by atoms with Crippen LogP contribution in [-0.2, 0) is 17.9 Å². The maximum absolute atomic E-state index is 12.4. The highest BCUT2D eigenvalue weighted by atomic mass is 16.6. The minimum atomic E-state index is -0.280. The van der Waals surface area contributed by atoms with Crippen molar-refractivity contribution in [1.29, 1.82) is 0 Å². The Kier molecular flexibility index (Phi) is 5.50. The highest BCUT2D eigenvalue weighted by Gasteiger charge is 2.26. The Morgan fingerprint density at radius 2 is 1.83 bits per heavy atom. The molecule has 0 bridgehead atoms. The number of anilines is 1. The molecule has 0 N–H and O–H groups in total. The Hall–Kier alpha value is -3.29. The molecule has 3 aromatic rings. The second-order valence-electron chi connectivity index (χ2n) is 7.17. The zero-order chi connectivity index (χ0) is 20.2. The molecule has 1 aliphatic heterocycles. The number of hydrogen-bond donors (Lipinski definition) is 0. The van der Waals surface area contributed by atoms with Crippen LogP contribution in [-0.4, -0.2) is 51.9 Å². The van der Waals surface area contributed by atoms with E-state index in [-0.39, 0.29) is 12.7 Å². The van der Waals surface area contributed by atoms with E-state index in [1.165, 1.54) is 0 Å². The van der Waals surface area contributed by atoms with Gasteiger partial charge < -0.3 is 19.0 Å². The number of carbonyl (C=O) groups excluding carboxylic acids is 1. The molecule has 29 heavy (non-hydrogen) atoms. The van der Waals surface area contributed by atoms with Crippen LogP contribution in [0.25, 0.3) is 0 Å². The molecule has 0 aliphatic carbocycles. The number of rotatable bonds is 5. The molecule has 0 spiro atoms. The second-order valence-corrected chi connectivity index (χ2v) is 7.17. The van der Waals surface area contributed by atoms with Gasteiger partial charge in [0.1, 0.15) is 18.2 Å². The maximum Gasteiger partial charge on any atom is 0.410 e. The molecule has 152 valence electrons. The molecule has 1 aliphatic rings.